The zero-order valence-corrected chi connectivity index (χ0v) is 28.8. The zero-order chi connectivity index (χ0) is 34.7. The smallest absolute Gasteiger partial charge is 0.134 e. The lowest BCUT2D eigenvalue weighted by Gasteiger charge is -2.39. The van der Waals surface area contributed by atoms with Crippen LogP contribution >= 0.6 is 0 Å². The van der Waals surface area contributed by atoms with Crippen LogP contribution in [0.15, 0.2) is 188 Å². The molecule has 0 saturated carbocycles. The van der Waals surface area contributed by atoms with Gasteiger partial charge in [0.1, 0.15) is 11.5 Å². The first-order valence-electron chi connectivity index (χ1n) is 18.3. The molecule has 1 aromatic heterocycles. The van der Waals surface area contributed by atoms with E-state index in [9.17, 15) is 0 Å². The molecule has 0 fully saturated rings. The molecule has 246 valence electrons. The van der Waals surface area contributed by atoms with Crippen LogP contribution in [0.5, 0.6) is 11.5 Å². The minimum absolute atomic E-state index is 0.516. The Morgan fingerprint density at radius 3 is 1.79 bits per heavy atom. The van der Waals surface area contributed by atoms with E-state index in [-0.39, 0.29) is 0 Å². The summed E-state index contributed by atoms with van der Waals surface area (Å²) in [6, 6.07) is 68.9. The van der Waals surface area contributed by atoms with E-state index in [1.165, 1.54) is 82.3 Å². The third-order valence-corrected chi connectivity index (χ3v) is 11.8. The van der Waals surface area contributed by atoms with E-state index in [2.05, 4.69) is 193 Å². The SMILES string of the molecule is c1ccc2c(c1)Oc1cc3c(cc1C21c2ccccc2-c2ccccc21)c1ccc2ccccc2c1n3-c1ccc(-c2ccc3ccccc3c2)cc1. The topological polar surface area (TPSA) is 14.2 Å². The Balaban J connectivity index is 1.15. The summed E-state index contributed by atoms with van der Waals surface area (Å²) in [6.45, 7) is 0. The third kappa shape index (κ3) is 3.82. The number of aromatic nitrogens is 1. The Morgan fingerprint density at radius 1 is 0.377 bits per heavy atom. The Morgan fingerprint density at radius 2 is 1.00 bits per heavy atom. The highest BCUT2D eigenvalue weighted by molar-refractivity contribution is 6.19. The molecule has 9 aromatic carbocycles. The minimum atomic E-state index is -0.516. The largest absolute Gasteiger partial charge is 0.457 e. The minimum Gasteiger partial charge on any atom is -0.457 e. The standard InChI is InChI=1S/C51H31NO/c1-2-13-35-29-36(22-21-32(35)11-1)33-23-26-37(27-24-33)52-47-31-49-46(30-42(47)41-28-25-34-12-3-4-14-38(34)50(41)52)51(45-19-9-10-20-48(45)53-49)43-17-7-5-15-39(43)40-16-6-8-18-44(40)51/h1-31H. The molecule has 2 heteroatoms. The average Bonchev–Trinajstić information content (AvgIpc) is 3.71. The van der Waals surface area contributed by atoms with Crippen molar-refractivity contribution in [3.05, 3.63) is 210 Å². The monoisotopic (exact) mass is 673 g/mol. The molecular formula is C51H31NO. The van der Waals surface area contributed by atoms with E-state index in [1.54, 1.807) is 0 Å². The van der Waals surface area contributed by atoms with Gasteiger partial charge < -0.3 is 9.30 Å². The summed E-state index contributed by atoms with van der Waals surface area (Å²) in [5.41, 5.74) is 12.9. The van der Waals surface area contributed by atoms with Crippen molar-refractivity contribution in [2.75, 3.05) is 0 Å². The fourth-order valence-corrected chi connectivity index (χ4v) is 9.57. The number of fused-ring (bicyclic) bond motifs is 15. The maximum atomic E-state index is 6.98. The van der Waals surface area contributed by atoms with Crippen molar-refractivity contribution in [3.63, 3.8) is 0 Å². The van der Waals surface area contributed by atoms with Gasteiger partial charge in [-0.2, -0.15) is 0 Å². The summed E-state index contributed by atoms with van der Waals surface area (Å²) in [6.07, 6.45) is 0. The maximum absolute atomic E-state index is 6.98. The van der Waals surface area contributed by atoms with Crippen molar-refractivity contribution in [2.45, 2.75) is 5.41 Å². The number of hydrogen-bond donors (Lipinski definition) is 0. The first-order valence-corrected chi connectivity index (χ1v) is 18.3. The molecular weight excluding hydrogens is 643 g/mol. The quantitative estimate of drug-likeness (QED) is 0.178. The normalized spacial score (nSPS) is 13.6. The average molecular weight is 674 g/mol. The Bertz CT molecular complexity index is 3100. The molecule has 12 rings (SSSR count). The van der Waals surface area contributed by atoms with E-state index in [1.807, 2.05) is 0 Å². The van der Waals surface area contributed by atoms with Crippen molar-refractivity contribution in [1.82, 2.24) is 4.57 Å². The molecule has 53 heavy (non-hydrogen) atoms. The molecule has 1 aliphatic carbocycles. The summed E-state index contributed by atoms with van der Waals surface area (Å²) >= 11 is 0. The Kier molecular flexibility index (Phi) is 5.73. The molecule has 0 bridgehead atoms. The molecule has 0 N–H and O–H groups in total. The van der Waals surface area contributed by atoms with E-state index >= 15 is 0 Å². The molecule has 0 saturated heterocycles. The summed E-state index contributed by atoms with van der Waals surface area (Å²) in [5.74, 6) is 1.79. The molecule has 10 aromatic rings. The Labute approximate surface area is 306 Å². The van der Waals surface area contributed by atoms with Crippen molar-refractivity contribution < 1.29 is 4.74 Å². The van der Waals surface area contributed by atoms with E-state index < -0.39 is 5.41 Å². The lowest BCUT2D eigenvalue weighted by Crippen LogP contribution is -2.32. The van der Waals surface area contributed by atoms with Crippen LogP contribution in [0.4, 0.5) is 0 Å². The second kappa shape index (κ2) is 10.6. The van der Waals surface area contributed by atoms with Gasteiger partial charge in [-0.15, -0.1) is 0 Å². The second-order valence-corrected chi connectivity index (χ2v) is 14.4. The highest BCUT2D eigenvalue weighted by Gasteiger charge is 2.51. The molecule has 0 amide bonds. The number of rotatable bonds is 2. The fourth-order valence-electron chi connectivity index (χ4n) is 9.57. The lowest BCUT2D eigenvalue weighted by atomic mass is 9.66. The van der Waals surface area contributed by atoms with Gasteiger partial charge in [0.2, 0.25) is 0 Å². The van der Waals surface area contributed by atoms with Crippen LogP contribution in [0.3, 0.4) is 0 Å². The number of para-hydroxylation sites is 1. The summed E-state index contributed by atoms with van der Waals surface area (Å²) in [7, 11) is 0. The predicted molar refractivity (Wildman–Crippen MR) is 219 cm³/mol. The van der Waals surface area contributed by atoms with Crippen LogP contribution in [0, 0.1) is 0 Å². The highest BCUT2D eigenvalue weighted by Crippen LogP contribution is 2.62. The van der Waals surface area contributed by atoms with Crippen LogP contribution in [0.25, 0.3) is 71.3 Å². The molecule has 2 nitrogen and oxygen atoms in total. The second-order valence-electron chi connectivity index (χ2n) is 14.4. The van der Waals surface area contributed by atoms with Gasteiger partial charge in [0.25, 0.3) is 0 Å². The van der Waals surface area contributed by atoms with Crippen molar-refractivity contribution >= 4 is 43.4 Å². The molecule has 1 spiro atoms. The zero-order valence-electron chi connectivity index (χ0n) is 28.8. The Hall–Kier alpha value is -6.90. The number of ether oxygens (including phenoxy) is 1. The molecule has 0 radical (unpaired) electrons. The first kappa shape index (κ1) is 28.8. The van der Waals surface area contributed by atoms with Gasteiger partial charge in [0.05, 0.1) is 16.4 Å². The lowest BCUT2D eigenvalue weighted by molar-refractivity contribution is 0.437. The molecule has 2 heterocycles. The van der Waals surface area contributed by atoms with Crippen LogP contribution in [0.2, 0.25) is 0 Å². The van der Waals surface area contributed by atoms with Crippen LogP contribution < -0.4 is 4.74 Å². The number of benzene rings is 9. The number of nitrogens with zero attached hydrogens (tertiary/aromatic N) is 1. The fraction of sp³-hybridized carbons (Fsp3) is 0.0196. The van der Waals surface area contributed by atoms with Gasteiger partial charge in [-0.25, -0.2) is 0 Å². The summed E-state index contributed by atoms with van der Waals surface area (Å²) in [5, 5.41) is 7.40. The van der Waals surface area contributed by atoms with Gasteiger partial charge >= 0.3 is 0 Å². The van der Waals surface area contributed by atoms with Crippen molar-refractivity contribution in [2.24, 2.45) is 0 Å². The van der Waals surface area contributed by atoms with Crippen LogP contribution in [0.1, 0.15) is 22.3 Å². The molecule has 0 unspecified atom stereocenters. The van der Waals surface area contributed by atoms with Gasteiger partial charge in [-0.1, -0.05) is 152 Å². The molecule has 1 aliphatic heterocycles. The first-order chi connectivity index (χ1) is 26.3. The van der Waals surface area contributed by atoms with Gasteiger partial charge in [0, 0.05) is 39.0 Å². The van der Waals surface area contributed by atoms with Gasteiger partial charge in [0.15, 0.2) is 0 Å². The van der Waals surface area contributed by atoms with E-state index in [0.717, 1.165) is 22.7 Å². The van der Waals surface area contributed by atoms with Crippen molar-refractivity contribution in [1.29, 1.82) is 0 Å². The maximum Gasteiger partial charge on any atom is 0.134 e. The highest BCUT2D eigenvalue weighted by atomic mass is 16.5. The summed E-state index contributed by atoms with van der Waals surface area (Å²) < 4.78 is 9.42. The van der Waals surface area contributed by atoms with Crippen LogP contribution in [-0.4, -0.2) is 4.57 Å². The van der Waals surface area contributed by atoms with Crippen molar-refractivity contribution in [3.8, 4) is 39.4 Å². The third-order valence-electron chi connectivity index (χ3n) is 11.8. The van der Waals surface area contributed by atoms with E-state index in [4.69, 9.17) is 4.74 Å². The molecule has 0 atom stereocenters. The summed E-state index contributed by atoms with van der Waals surface area (Å²) in [4.78, 5) is 0. The van der Waals surface area contributed by atoms with Gasteiger partial charge in [-0.3, -0.25) is 0 Å². The molecule has 2 aliphatic rings. The van der Waals surface area contributed by atoms with Gasteiger partial charge in [-0.05, 0) is 79.9 Å². The number of hydrogen-bond acceptors (Lipinski definition) is 1. The predicted octanol–water partition coefficient (Wildman–Crippen LogP) is 13.2. The van der Waals surface area contributed by atoms with E-state index in [0.29, 0.717) is 0 Å². The van der Waals surface area contributed by atoms with Crippen LogP contribution in [-0.2, 0) is 5.41 Å².